The van der Waals surface area contributed by atoms with Gasteiger partial charge in [-0.15, -0.1) is 0 Å². The summed E-state index contributed by atoms with van der Waals surface area (Å²) in [5, 5.41) is 0. The standard InChI is InChI=1S/C54H37N5/c1-5-16-36(17-6-1)42-32-43(37-18-7-2-8-19-37)34-44(33-42)41-28-30-46-49(35-41)59(48-31-29-38-20-13-14-25-45(38)51(46)48)50-27-15-26-47(55-50)54-57-52(39-21-9-3-10-22-39)56-53(58-54)40-23-11-4-12-24-40/h1-35,48,51H. The zero-order chi connectivity index (χ0) is 39.1. The summed E-state index contributed by atoms with van der Waals surface area (Å²) in [5.41, 5.74) is 14.6. The molecule has 1 aliphatic carbocycles. The molecule has 1 aliphatic heterocycles. The lowest BCUT2D eigenvalue weighted by Crippen LogP contribution is -2.31. The van der Waals surface area contributed by atoms with Gasteiger partial charge >= 0.3 is 0 Å². The zero-order valence-electron chi connectivity index (χ0n) is 32.1. The van der Waals surface area contributed by atoms with Crippen LogP contribution in [0.5, 0.6) is 0 Å². The molecule has 0 amide bonds. The molecule has 9 aromatic rings. The highest BCUT2D eigenvalue weighted by Crippen LogP contribution is 2.52. The van der Waals surface area contributed by atoms with Gasteiger partial charge in [-0.1, -0.05) is 176 Å². The number of fused-ring (bicyclic) bond motifs is 5. The zero-order valence-corrected chi connectivity index (χ0v) is 32.1. The Labute approximate surface area is 343 Å². The lowest BCUT2D eigenvalue weighted by molar-refractivity contribution is 0.719. The number of hydrogen-bond acceptors (Lipinski definition) is 5. The first kappa shape index (κ1) is 34.5. The molecule has 0 radical (unpaired) electrons. The number of pyridine rings is 1. The van der Waals surface area contributed by atoms with Crippen molar-refractivity contribution in [3.8, 4) is 67.7 Å². The van der Waals surface area contributed by atoms with E-state index in [1.54, 1.807) is 0 Å². The molecular formula is C54H37N5. The van der Waals surface area contributed by atoms with E-state index in [0.29, 0.717) is 23.2 Å². The van der Waals surface area contributed by atoms with E-state index in [1.807, 2.05) is 66.7 Å². The van der Waals surface area contributed by atoms with Crippen LogP contribution in [0.2, 0.25) is 0 Å². The van der Waals surface area contributed by atoms with E-state index in [4.69, 9.17) is 19.9 Å². The fraction of sp³-hybridized carbons (Fsp3) is 0.0370. The Balaban J connectivity index is 1.07. The number of hydrogen-bond donors (Lipinski definition) is 0. The van der Waals surface area contributed by atoms with Crippen molar-refractivity contribution in [3.63, 3.8) is 0 Å². The maximum Gasteiger partial charge on any atom is 0.182 e. The lowest BCUT2D eigenvalue weighted by atomic mass is 9.81. The van der Waals surface area contributed by atoms with Crippen molar-refractivity contribution < 1.29 is 0 Å². The van der Waals surface area contributed by atoms with Crippen molar-refractivity contribution in [1.29, 1.82) is 0 Å². The molecule has 5 heteroatoms. The van der Waals surface area contributed by atoms with E-state index in [1.165, 1.54) is 38.9 Å². The molecule has 11 rings (SSSR count). The van der Waals surface area contributed by atoms with Crippen LogP contribution in [0, 0.1) is 0 Å². The minimum atomic E-state index is 0.0200. The van der Waals surface area contributed by atoms with E-state index in [0.717, 1.165) is 33.8 Å². The summed E-state index contributed by atoms with van der Waals surface area (Å²) < 4.78 is 0. The topological polar surface area (TPSA) is 54.8 Å². The second-order valence-electron chi connectivity index (χ2n) is 15.1. The van der Waals surface area contributed by atoms with Crippen molar-refractivity contribution in [2.45, 2.75) is 12.0 Å². The number of anilines is 2. The van der Waals surface area contributed by atoms with Crippen molar-refractivity contribution in [2.24, 2.45) is 0 Å². The van der Waals surface area contributed by atoms with Crippen molar-refractivity contribution in [2.75, 3.05) is 4.90 Å². The molecule has 2 aliphatic rings. The third-order valence-electron chi connectivity index (χ3n) is 11.5. The van der Waals surface area contributed by atoms with Crippen LogP contribution in [-0.4, -0.2) is 26.0 Å². The first-order chi connectivity index (χ1) is 29.2. The first-order valence-electron chi connectivity index (χ1n) is 20.0. The summed E-state index contributed by atoms with van der Waals surface area (Å²) in [6.07, 6.45) is 4.61. The Morgan fingerprint density at radius 1 is 0.356 bits per heavy atom. The van der Waals surface area contributed by atoms with Crippen LogP contribution in [0.25, 0.3) is 73.8 Å². The molecule has 7 aromatic carbocycles. The van der Waals surface area contributed by atoms with E-state index >= 15 is 0 Å². The van der Waals surface area contributed by atoms with Crippen molar-refractivity contribution in [3.05, 3.63) is 223 Å². The summed E-state index contributed by atoms with van der Waals surface area (Å²) >= 11 is 0. The molecule has 0 saturated heterocycles. The molecule has 5 nitrogen and oxygen atoms in total. The predicted octanol–water partition coefficient (Wildman–Crippen LogP) is 12.9. The van der Waals surface area contributed by atoms with Gasteiger partial charge in [0.1, 0.15) is 11.5 Å². The fourth-order valence-electron chi connectivity index (χ4n) is 8.66. The van der Waals surface area contributed by atoms with Crippen molar-refractivity contribution in [1.82, 2.24) is 19.9 Å². The van der Waals surface area contributed by atoms with E-state index < -0.39 is 0 Å². The van der Waals surface area contributed by atoms with Crippen LogP contribution in [0.4, 0.5) is 11.5 Å². The van der Waals surface area contributed by atoms with Gasteiger partial charge < -0.3 is 4.90 Å². The van der Waals surface area contributed by atoms with E-state index in [9.17, 15) is 0 Å². The molecule has 3 heterocycles. The highest BCUT2D eigenvalue weighted by molar-refractivity contribution is 5.86. The SMILES string of the molecule is C1=CC2C(c3ccccc31)c1ccc(-c3cc(-c4ccccc4)cc(-c4ccccc4)c3)cc1N2c1cccc(-c2nc(-c3ccccc3)nc(-c3ccccc3)n2)n1. The monoisotopic (exact) mass is 755 g/mol. The Kier molecular flexibility index (Phi) is 8.55. The second kappa shape index (κ2) is 14.6. The van der Waals surface area contributed by atoms with Gasteiger partial charge in [-0.25, -0.2) is 19.9 Å². The smallest absolute Gasteiger partial charge is 0.182 e. The average molecular weight is 756 g/mol. The third-order valence-corrected chi connectivity index (χ3v) is 11.5. The van der Waals surface area contributed by atoms with Gasteiger partial charge in [0.25, 0.3) is 0 Å². The number of nitrogens with zero attached hydrogens (tertiary/aromatic N) is 5. The molecule has 278 valence electrons. The molecule has 0 bridgehead atoms. The van der Waals surface area contributed by atoms with Gasteiger partial charge in [-0.2, -0.15) is 0 Å². The van der Waals surface area contributed by atoms with Gasteiger partial charge in [-0.3, -0.25) is 0 Å². The average Bonchev–Trinajstić information content (AvgIpc) is 3.67. The van der Waals surface area contributed by atoms with Gasteiger partial charge in [0.05, 0.1) is 6.04 Å². The summed E-state index contributed by atoms with van der Waals surface area (Å²) in [6, 6.07) is 70.3. The van der Waals surface area contributed by atoms with Crippen LogP contribution < -0.4 is 4.90 Å². The largest absolute Gasteiger partial charge is 0.318 e. The van der Waals surface area contributed by atoms with Crippen LogP contribution in [0.1, 0.15) is 22.6 Å². The summed E-state index contributed by atoms with van der Waals surface area (Å²) in [6.45, 7) is 0. The highest BCUT2D eigenvalue weighted by atomic mass is 15.2. The summed E-state index contributed by atoms with van der Waals surface area (Å²) in [4.78, 5) is 22.8. The van der Waals surface area contributed by atoms with Gasteiger partial charge in [0.15, 0.2) is 17.5 Å². The molecule has 2 aromatic heterocycles. The quantitative estimate of drug-likeness (QED) is 0.162. The molecule has 0 fully saturated rings. The van der Waals surface area contributed by atoms with E-state index in [2.05, 4.69) is 151 Å². The Hall–Kier alpha value is -7.76. The van der Waals surface area contributed by atoms with Crippen LogP contribution in [-0.2, 0) is 0 Å². The fourth-order valence-corrected chi connectivity index (χ4v) is 8.66. The molecular weight excluding hydrogens is 719 g/mol. The number of rotatable bonds is 7. The Morgan fingerprint density at radius 2 is 0.881 bits per heavy atom. The normalized spacial score (nSPS) is 15.0. The van der Waals surface area contributed by atoms with Gasteiger partial charge in [0, 0.05) is 22.7 Å². The molecule has 0 spiro atoms. The summed E-state index contributed by atoms with van der Waals surface area (Å²) in [7, 11) is 0. The van der Waals surface area contributed by atoms with Gasteiger partial charge in [0.2, 0.25) is 0 Å². The van der Waals surface area contributed by atoms with Crippen LogP contribution in [0.3, 0.4) is 0 Å². The molecule has 2 atom stereocenters. The maximum atomic E-state index is 5.39. The molecule has 59 heavy (non-hydrogen) atoms. The highest BCUT2D eigenvalue weighted by Gasteiger charge is 2.42. The van der Waals surface area contributed by atoms with E-state index in [-0.39, 0.29) is 12.0 Å². The maximum absolute atomic E-state index is 5.39. The minimum absolute atomic E-state index is 0.0200. The Morgan fingerprint density at radius 3 is 1.49 bits per heavy atom. The molecule has 0 N–H and O–H groups in total. The lowest BCUT2D eigenvalue weighted by Gasteiger charge is -2.31. The van der Waals surface area contributed by atoms with Crippen LogP contribution in [0.15, 0.2) is 206 Å². The summed E-state index contributed by atoms with van der Waals surface area (Å²) in [5.74, 6) is 2.71. The second-order valence-corrected chi connectivity index (χ2v) is 15.1. The minimum Gasteiger partial charge on any atom is -0.318 e. The van der Waals surface area contributed by atoms with Gasteiger partial charge in [-0.05, 0) is 86.5 Å². The predicted molar refractivity (Wildman–Crippen MR) is 240 cm³/mol. The molecule has 2 unspecified atom stereocenters. The molecule has 0 saturated carbocycles. The number of benzene rings is 7. The number of aromatic nitrogens is 4. The first-order valence-corrected chi connectivity index (χ1v) is 20.0. The third kappa shape index (κ3) is 6.39. The Bertz CT molecular complexity index is 2890. The van der Waals surface area contributed by atoms with Crippen molar-refractivity contribution >= 4 is 17.6 Å². The van der Waals surface area contributed by atoms with Crippen LogP contribution >= 0.6 is 0 Å².